The molecule has 1 N–H and O–H groups in total. The van der Waals surface area contributed by atoms with Crippen molar-refractivity contribution in [2.24, 2.45) is 5.41 Å². The molecule has 2 fully saturated rings. The molecule has 1 aliphatic heterocycles. The lowest BCUT2D eigenvalue weighted by atomic mass is 9.63. The fourth-order valence-electron chi connectivity index (χ4n) is 6.23. The van der Waals surface area contributed by atoms with Crippen LogP contribution in [0.3, 0.4) is 0 Å². The molecule has 2 bridgehead atoms. The van der Waals surface area contributed by atoms with Crippen LogP contribution >= 0.6 is 0 Å². The van der Waals surface area contributed by atoms with Gasteiger partial charge in [0, 0.05) is 31.1 Å². The van der Waals surface area contributed by atoms with Gasteiger partial charge in [-0.05, 0) is 55.0 Å². The molecule has 3 atom stereocenters. The highest BCUT2D eigenvalue weighted by Gasteiger charge is 2.66. The number of likely N-dealkylation sites (N-methyl/N-ethyl adjacent to an activating group) is 1. The molecule has 6 heteroatoms. The normalized spacial score (nSPS) is 31.2. The van der Waals surface area contributed by atoms with Crippen molar-refractivity contribution in [3.8, 4) is 11.3 Å². The molecular formula is C22H26F2N4. The van der Waals surface area contributed by atoms with Gasteiger partial charge in [-0.1, -0.05) is 19.9 Å². The van der Waals surface area contributed by atoms with Gasteiger partial charge in [-0.25, -0.2) is 8.78 Å². The molecule has 1 saturated heterocycles. The van der Waals surface area contributed by atoms with Crippen molar-refractivity contribution in [3.63, 3.8) is 0 Å². The first-order valence-electron chi connectivity index (χ1n) is 10.1. The van der Waals surface area contributed by atoms with E-state index in [0.29, 0.717) is 17.7 Å². The molecule has 1 aromatic heterocycles. The molecule has 0 radical (unpaired) electrons. The van der Waals surface area contributed by atoms with Crippen molar-refractivity contribution in [2.75, 3.05) is 26.7 Å². The molecule has 1 aromatic carbocycles. The van der Waals surface area contributed by atoms with Gasteiger partial charge < -0.3 is 10.2 Å². The Labute approximate surface area is 164 Å². The topological polar surface area (TPSA) is 41.0 Å². The maximum atomic E-state index is 14.3. The maximum Gasteiger partial charge on any atom is 0.135 e. The molecule has 0 amide bonds. The number of nitrogens with one attached hydrogen (secondary N) is 1. The van der Waals surface area contributed by atoms with E-state index in [9.17, 15) is 8.78 Å². The van der Waals surface area contributed by atoms with E-state index in [1.54, 1.807) is 0 Å². The lowest BCUT2D eigenvalue weighted by Crippen LogP contribution is -2.61. The van der Waals surface area contributed by atoms with Crippen LogP contribution < -0.4 is 5.32 Å². The van der Waals surface area contributed by atoms with Gasteiger partial charge >= 0.3 is 0 Å². The minimum absolute atomic E-state index is 0.0201. The predicted octanol–water partition coefficient (Wildman–Crippen LogP) is 3.48. The molecule has 4 nitrogen and oxygen atoms in total. The number of benzene rings is 1. The molecule has 2 aromatic rings. The summed E-state index contributed by atoms with van der Waals surface area (Å²) in [6.45, 7) is 7.63. The molecule has 0 unspecified atom stereocenters. The first-order chi connectivity index (χ1) is 13.4. The van der Waals surface area contributed by atoms with Gasteiger partial charge in [-0.2, -0.15) is 10.2 Å². The van der Waals surface area contributed by atoms with Gasteiger partial charge in [0.15, 0.2) is 0 Å². The number of rotatable bonds is 2. The van der Waals surface area contributed by atoms with Crippen LogP contribution in [-0.2, 0) is 5.41 Å². The van der Waals surface area contributed by atoms with Crippen LogP contribution in [0, 0.1) is 17.0 Å². The van der Waals surface area contributed by atoms with Gasteiger partial charge in [-0.3, -0.25) is 0 Å². The fourth-order valence-corrected chi connectivity index (χ4v) is 6.23. The summed E-state index contributed by atoms with van der Waals surface area (Å²) in [5, 5.41) is 12.7. The van der Waals surface area contributed by atoms with Crippen molar-refractivity contribution >= 4 is 0 Å². The van der Waals surface area contributed by atoms with Crippen LogP contribution in [0.5, 0.6) is 0 Å². The van der Waals surface area contributed by atoms with Crippen molar-refractivity contribution in [1.29, 1.82) is 0 Å². The van der Waals surface area contributed by atoms with Crippen molar-refractivity contribution < 1.29 is 8.78 Å². The number of hydrogen-bond acceptors (Lipinski definition) is 4. The van der Waals surface area contributed by atoms with Gasteiger partial charge in [0.1, 0.15) is 11.6 Å². The smallest absolute Gasteiger partial charge is 0.135 e. The van der Waals surface area contributed by atoms with Gasteiger partial charge in [0.05, 0.1) is 17.0 Å². The Bertz CT molecular complexity index is 924. The molecule has 1 saturated carbocycles. The third kappa shape index (κ3) is 2.22. The zero-order valence-corrected chi connectivity index (χ0v) is 16.6. The van der Waals surface area contributed by atoms with Crippen molar-refractivity contribution in [1.82, 2.24) is 20.4 Å². The standard InChI is InChI=1S/C22H26F2N4/c1-21(2)14-7-8-22(21,18-12-28(3)10-9-25-18)20-13(14)11-17(26-27-20)19-15(23)5-4-6-16(19)24/h4-6,11,14,18,25H,7-10,12H2,1-3H3/t14-,18-,22-/m0/s1. The van der Waals surface area contributed by atoms with Crippen LogP contribution in [0.2, 0.25) is 0 Å². The first kappa shape index (κ1) is 18.1. The Balaban J connectivity index is 1.65. The van der Waals surface area contributed by atoms with Crippen LogP contribution in [0.15, 0.2) is 24.3 Å². The average molecular weight is 384 g/mol. The highest BCUT2D eigenvalue weighted by molar-refractivity contribution is 5.63. The second-order valence-corrected chi connectivity index (χ2v) is 9.18. The van der Waals surface area contributed by atoms with E-state index in [0.717, 1.165) is 43.7 Å². The lowest BCUT2D eigenvalue weighted by Gasteiger charge is -2.48. The van der Waals surface area contributed by atoms with Crippen molar-refractivity contribution in [3.05, 3.63) is 47.2 Å². The third-order valence-electron chi connectivity index (χ3n) is 7.66. The van der Waals surface area contributed by atoms with Crippen LogP contribution in [-0.4, -0.2) is 47.8 Å². The van der Waals surface area contributed by atoms with Gasteiger partial charge in [0.25, 0.3) is 0 Å². The minimum Gasteiger partial charge on any atom is -0.310 e. The number of halogens is 2. The fraction of sp³-hybridized carbons (Fsp3) is 0.545. The van der Waals surface area contributed by atoms with Gasteiger partial charge in [-0.15, -0.1) is 0 Å². The second-order valence-electron chi connectivity index (χ2n) is 9.18. The summed E-state index contributed by atoms with van der Waals surface area (Å²) in [4.78, 5) is 2.37. The van der Waals surface area contributed by atoms with E-state index < -0.39 is 11.6 Å². The summed E-state index contributed by atoms with van der Waals surface area (Å²) in [6.07, 6.45) is 2.15. The maximum absolute atomic E-state index is 14.3. The lowest BCUT2D eigenvalue weighted by molar-refractivity contribution is 0.0989. The zero-order valence-electron chi connectivity index (χ0n) is 16.6. The SMILES string of the molecule is CN1CCN[C@H]([C@@]23CC[C@@H](c4cc(-c5c(F)cccc5F)nnc42)C3(C)C)C1. The largest absolute Gasteiger partial charge is 0.310 e. The van der Waals surface area contributed by atoms with E-state index in [4.69, 9.17) is 0 Å². The zero-order chi connectivity index (χ0) is 19.7. The predicted molar refractivity (Wildman–Crippen MR) is 104 cm³/mol. The molecule has 0 spiro atoms. The van der Waals surface area contributed by atoms with Gasteiger partial charge in [0.2, 0.25) is 0 Å². The highest BCUT2D eigenvalue weighted by atomic mass is 19.1. The summed E-state index contributed by atoms with van der Waals surface area (Å²) in [5.74, 6) is -0.857. The Hall–Kier alpha value is -1.92. The first-order valence-corrected chi connectivity index (χ1v) is 10.1. The molecule has 2 aliphatic carbocycles. The number of hydrogen-bond donors (Lipinski definition) is 1. The van der Waals surface area contributed by atoms with Crippen LogP contribution in [0.4, 0.5) is 8.78 Å². The molecular weight excluding hydrogens is 358 g/mol. The number of fused-ring (bicyclic) bond motifs is 5. The van der Waals surface area contributed by atoms with Crippen molar-refractivity contribution in [2.45, 2.75) is 44.1 Å². The van der Waals surface area contributed by atoms with E-state index in [1.807, 2.05) is 6.07 Å². The summed E-state index contributed by atoms with van der Waals surface area (Å²) in [6, 6.07) is 6.11. The quantitative estimate of drug-likeness (QED) is 0.861. The average Bonchev–Trinajstić information content (AvgIpc) is 3.03. The Morgan fingerprint density at radius 3 is 2.64 bits per heavy atom. The molecule has 3 aliphatic rings. The summed E-state index contributed by atoms with van der Waals surface area (Å²) < 4.78 is 28.6. The third-order valence-corrected chi connectivity index (χ3v) is 7.66. The van der Waals surface area contributed by atoms with E-state index in [1.165, 1.54) is 18.2 Å². The van der Waals surface area contributed by atoms with E-state index in [2.05, 4.69) is 41.3 Å². The number of piperazine rings is 1. The van der Waals surface area contributed by atoms with E-state index in [-0.39, 0.29) is 16.4 Å². The monoisotopic (exact) mass is 384 g/mol. The summed E-state index contributed by atoms with van der Waals surface area (Å²) in [7, 11) is 2.16. The minimum atomic E-state index is -0.595. The Kier molecular flexibility index (Phi) is 3.91. The molecule has 2 heterocycles. The Morgan fingerprint density at radius 1 is 1.18 bits per heavy atom. The number of aromatic nitrogens is 2. The highest BCUT2D eigenvalue weighted by Crippen LogP contribution is 2.68. The molecule has 28 heavy (non-hydrogen) atoms. The Morgan fingerprint density at radius 2 is 1.93 bits per heavy atom. The second kappa shape index (κ2) is 6.04. The molecule has 5 rings (SSSR count). The summed E-state index contributed by atoms with van der Waals surface area (Å²) in [5.41, 5.74) is 2.29. The van der Waals surface area contributed by atoms with Crippen LogP contribution in [0.25, 0.3) is 11.3 Å². The number of nitrogens with zero attached hydrogens (tertiary/aromatic N) is 3. The van der Waals surface area contributed by atoms with E-state index >= 15 is 0 Å². The van der Waals surface area contributed by atoms with Crippen LogP contribution in [0.1, 0.15) is 43.9 Å². The molecule has 148 valence electrons. The summed E-state index contributed by atoms with van der Waals surface area (Å²) >= 11 is 0.